The van der Waals surface area contributed by atoms with Crippen LogP contribution in [0.25, 0.3) is 0 Å². The van der Waals surface area contributed by atoms with E-state index in [0.29, 0.717) is 25.7 Å². The Balaban J connectivity index is 4.48. The third kappa shape index (κ3) is 76.1. The fourth-order valence-corrected chi connectivity index (χ4v) is 11.5. The zero-order valence-electron chi connectivity index (χ0n) is 62.8. The minimum atomic E-state index is -4.95. The highest BCUT2D eigenvalue weighted by molar-refractivity contribution is 7.47. The Morgan fingerprint density at radius 2 is 0.535 bits per heavy atom. The van der Waals surface area contributed by atoms with Gasteiger partial charge in [-0.25, -0.2) is 9.13 Å². The number of esters is 3. The monoisotopic (exact) mass is 1450 g/mol. The van der Waals surface area contributed by atoms with Crippen LogP contribution in [0.1, 0.15) is 290 Å². The second kappa shape index (κ2) is 74.9. The van der Waals surface area contributed by atoms with Crippen molar-refractivity contribution >= 4 is 33.6 Å². The summed E-state index contributed by atoms with van der Waals surface area (Å²) in [6.45, 7) is 2.33. The molecule has 0 saturated heterocycles. The van der Waals surface area contributed by atoms with Crippen molar-refractivity contribution in [1.29, 1.82) is 0 Å². The highest BCUT2D eigenvalue weighted by Crippen LogP contribution is 2.45. The zero-order valence-corrected chi connectivity index (χ0v) is 64.6. The highest BCUT2D eigenvalue weighted by atomic mass is 31.2. The second-order valence-corrected chi connectivity index (χ2v) is 28.3. The maximum absolute atomic E-state index is 12.9. The molecule has 0 aromatic rings. The number of aliphatic hydroxyl groups is 2. The molecule has 4 N–H and O–H groups in total. The van der Waals surface area contributed by atoms with Crippen LogP contribution in [0.2, 0.25) is 0 Å². The fourth-order valence-electron chi connectivity index (χ4n) is 9.88. The quantitative estimate of drug-likeness (QED) is 0.0146. The number of allylic oxidation sites excluding steroid dienone is 26. The summed E-state index contributed by atoms with van der Waals surface area (Å²) in [6, 6.07) is 0. The van der Waals surface area contributed by atoms with Crippen molar-refractivity contribution < 1.29 is 75.8 Å². The van der Waals surface area contributed by atoms with Gasteiger partial charge in [0.1, 0.15) is 25.4 Å². The maximum Gasteiger partial charge on any atom is 0.472 e. The van der Waals surface area contributed by atoms with E-state index < -0.39 is 91.5 Å². The van der Waals surface area contributed by atoms with E-state index in [1.807, 2.05) is 12.2 Å². The van der Waals surface area contributed by atoms with E-state index in [1.54, 1.807) is 0 Å². The minimum Gasteiger partial charge on any atom is -0.463 e. The van der Waals surface area contributed by atoms with Crippen LogP contribution in [0.5, 0.6) is 0 Å². The molecule has 18 heteroatoms. The molecular formula is C83H138O16P2. The molecule has 0 radical (unpaired) electrons. The number of unbranched alkanes of at least 4 members (excludes halogenated alkanes) is 23. The molecular weight excluding hydrogens is 1310 g/mol. The van der Waals surface area contributed by atoms with Crippen molar-refractivity contribution in [3.8, 4) is 0 Å². The van der Waals surface area contributed by atoms with Crippen LogP contribution in [0.4, 0.5) is 0 Å². The van der Waals surface area contributed by atoms with Crippen molar-refractivity contribution in [2.24, 2.45) is 0 Å². The summed E-state index contributed by atoms with van der Waals surface area (Å²) in [5.41, 5.74) is 0. The van der Waals surface area contributed by atoms with E-state index in [2.05, 4.69) is 167 Å². The van der Waals surface area contributed by atoms with Gasteiger partial charge in [0.15, 0.2) is 6.10 Å². The smallest absolute Gasteiger partial charge is 0.463 e. The fraction of sp³-hybridized carbons (Fsp3) is 0.651. The number of hydrogen-bond acceptors (Lipinski definition) is 14. The van der Waals surface area contributed by atoms with Gasteiger partial charge in [-0.15, -0.1) is 0 Å². The molecule has 0 bridgehead atoms. The minimum absolute atomic E-state index is 0.0725. The number of rotatable bonds is 72. The Morgan fingerprint density at radius 1 is 0.287 bits per heavy atom. The summed E-state index contributed by atoms with van der Waals surface area (Å²) < 4.78 is 61.0. The Bertz CT molecular complexity index is 2470. The second-order valence-electron chi connectivity index (χ2n) is 25.4. The largest absolute Gasteiger partial charge is 0.472 e. The maximum atomic E-state index is 12.9. The topological polar surface area (TPSA) is 231 Å². The molecule has 0 fully saturated rings. The van der Waals surface area contributed by atoms with E-state index in [4.69, 9.17) is 32.3 Å². The third-order valence-corrected chi connectivity index (χ3v) is 17.6. The van der Waals surface area contributed by atoms with Gasteiger partial charge in [-0.05, 0) is 141 Å². The molecule has 101 heavy (non-hydrogen) atoms. The number of hydrogen-bond donors (Lipinski definition) is 4. The van der Waals surface area contributed by atoms with Gasteiger partial charge in [-0.1, -0.05) is 288 Å². The first-order chi connectivity index (χ1) is 49.2. The normalized spacial score (nSPS) is 14.9. The summed E-state index contributed by atoms with van der Waals surface area (Å²) in [7, 11) is -9.81. The van der Waals surface area contributed by atoms with Crippen molar-refractivity contribution in [2.45, 2.75) is 309 Å². The van der Waals surface area contributed by atoms with E-state index in [0.717, 1.165) is 141 Å². The van der Waals surface area contributed by atoms with Gasteiger partial charge in [0.05, 0.1) is 26.4 Å². The van der Waals surface area contributed by atoms with Crippen LogP contribution in [-0.4, -0.2) is 95.9 Å². The van der Waals surface area contributed by atoms with Crippen molar-refractivity contribution in [3.63, 3.8) is 0 Å². The predicted molar refractivity (Wildman–Crippen MR) is 417 cm³/mol. The zero-order chi connectivity index (χ0) is 73.7. The molecule has 0 aromatic heterocycles. The number of carbonyl (C=O) groups excluding carboxylic acids is 3. The molecule has 0 amide bonds. The van der Waals surface area contributed by atoms with E-state index in [-0.39, 0.29) is 19.3 Å². The molecule has 0 heterocycles. The Morgan fingerprint density at radius 3 is 0.871 bits per heavy atom. The number of ether oxygens (including phenoxy) is 3. The van der Waals surface area contributed by atoms with E-state index in [1.165, 1.54) is 83.5 Å². The molecule has 0 aliphatic rings. The molecule has 5 unspecified atom stereocenters. The number of phosphoric ester groups is 2. The van der Waals surface area contributed by atoms with Gasteiger partial charge >= 0.3 is 33.6 Å². The third-order valence-electron chi connectivity index (χ3n) is 15.7. The molecule has 0 aliphatic carbocycles. The number of carbonyl (C=O) groups is 3. The Kier molecular flexibility index (Phi) is 71.3. The van der Waals surface area contributed by atoms with Gasteiger partial charge in [0.25, 0.3) is 0 Å². The van der Waals surface area contributed by atoms with Gasteiger partial charge in [-0.3, -0.25) is 32.5 Å². The molecule has 0 saturated carbocycles. The van der Waals surface area contributed by atoms with Crippen LogP contribution < -0.4 is 0 Å². The molecule has 576 valence electrons. The molecule has 0 rings (SSSR count). The summed E-state index contributed by atoms with van der Waals surface area (Å²) in [5.74, 6) is -1.67. The first kappa shape index (κ1) is 96.2. The Hall–Kier alpha value is -4.83. The lowest BCUT2D eigenvalue weighted by molar-refractivity contribution is -0.161. The summed E-state index contributed by atoms with van der Waals surface area (Å²) in [6.07, 6.45) is 93.2. The average Bonchev–Trinajstić information content (AvgIpc) is 1.12. The SMILES string of the molecule is CC/C=C\C/C=C\C/C=C\C/C=C\C/C=C\C/C=C\CCCCCCCCCCCCCCCCC(=O)OCC(O)COP(=O)(O)OCC(O)COP(=O)(O)OCC(COC(=O)CCC/C=C\C/C=C\C/C=C\C/C=C\C/C=C\CC)OC(=O)CCCCCCC/C=C\C/C=C\CCCCC. The molecule has 0 spiro atoms. The van der Waals surface area contributed by atoms with Gasteiger partial charge in [0.2, 0.25) is 0 Å². The Labute approximate surface area is 612 Å². The van der Waals surface area contributed by atoms with Crippen molar-refractivity contribution in [1.82, 2.24) is 0 Å². The van der Waals surface area contributed by atoms with Gasteiger partial charge in [0, 0.05) is 19.3 Å². The summed E-state index contributed by atoms with van der Waals surface area (Å²) in [4.78, 5) is 58.5. The number of phosphoric acid groups is 2. The first-order valence-electron chi connectivity index (χ1n) is 38.8. The molecule has 16 nitrogen and oxygen atoms in total. The summed E-state index contributed by atoms with van der Waals surface area (Å²) >= 11 is 0. The van der Waals surface area contributed by atoms with E-state index >= 15 is 0 Å². The lowest BCUT2D eigenvalue weighted by Gasteiger charge is -2.21. The molecule has 0 aliphatic heterocycles. The average molecular weight is 1450 g/mol. The van der Waals surface area contributed by atoms with E-state index in [9.17, 15) is 43.5 Å². The van der Waals surface area contributed by atoms with Crippen LogP contribution in [0, 0.1) is 0 Å². The predicted octanol–water partition coefficient (Wildman–Crippen LogP) is 22.6. The van der Waals surface area contributed by atoms with Crippen molar-refractivity contribution in [2.75, 3.05) is 39.6 Å². The van der Waals surface area contributed by atoms with Crippen LogP contribution in [-0.2, 0) is 55.8 Å². The van der Waals surface area contributed by atoms with Crippen LogP contribution in [0.3, 0.4) is 0 Å². The molecule has 0 aromatic carbocycles. The lowest BCUT2D eigenvalue weighted by Crippen LogP contribution is -2.30. The van der Waals surface area contributed by atoms with Crippen LogP contribution >= 0.6 is 15.6 Å². The van der Waals surface area contributed by atoms with Crippen molar-refractivity contribution in [3.05, 3.63) is 158 Å². The van der Waals surface area contributed by atoms with Gasteiger partial charge in [-0.2, -0.15) is 0 Å². The molecule has 5 atom stereocenters. The standard InChI is InChI=1S/C83H138O16P2/c1-4-7-10-13-16-19-22-25-28-30-31-32-33-34-35-36-37-38-39-40-41-42-43-44-45-47-50-51-54-57-60-63-66-69-81(86)93-72-78(84)73-95-100(89,90)96-74-79(85)75-97-101(91,92)98-77-80(99-83(88)71-68-65-62-59-56-53-48-27-24-21-18-15-12-9-6-3)76-94-82(87)70-67-64-61-58-55-52-49-46-29-26-23-20-17-14-11-8-5-2/h7-8,10-11,16-21,25-29,31-32,34-35,37-38,48-49,52,58,61,78-80,84-85H,4-6,9,12-15,22-24,30,33,36,39-47,50-51,53-57,59-60,62-77H2,1-3H3,(H,89,90)(H,91,92)/b10-7-,11-8-,19-16-,20-17-,21-18-,28-25-,29-26-,32-31-,35-34-,38-37-,48-27-,52-49-,61-58-. The van der Waals surface area contributed by atoms with Gasteiger partial charge < -0.3 is 34.2 Å². The lowest BCUT2D eigenvalue weighted by atomic mass is 10.0. The summed E-state index contributed by atoms with van der Waals surface area (Å²) in [5, 5.41) is 20.6. The van der Waals surface area contributed by atoms with Crippen LogP contribution in [0.15, 0.2) is 158 Å². The first-order valence-corrected chi connectivity index (χ1v) is 41.8. The number of aliphatic hydroxyl groups excluding tert-OH is 2. The highest BCUT2D eigenvalue weighted by Gasteiger charge is 2.29.